The Kier molecular flexibility index (Phi) is 2.65. The predicted molar refractivity (Wildman–Crippen MR) is 90.4 cm³/mol. The number of H-pyrrole nitrogens is 1. The van der Waals surface area contributed by atoms with Crippen molar-refractivity contribution in [3.8, 4) is 0 Å². The molecule has 3 aromatic carbocycles. The monoisotopic (exact) mass is 269 g/mol. The molecule has 21 heavy (non-hydrogen) atoms. The van der Waals surface area contributed by atoms with E-state index in [-0.39, 0.29) is 0 Å². The van der Waals surface area contributed by atoms with Crippen molar-refractivity contribution in [3.63, 3.8) is 0 Å². The van der Waals surface area contributed by atoms with Gasteiger partial charge in [-0.05, 0) is 34.0 Å². The lowest BCUT2D eigenvalue weighted by Crippen LogP contribution is -1.84. The fourth-order valence-electron chi connectivity index (χ4n) is 2.84. The van der Waals surface area contributed by atoms with E-state index >= 15 is 0 Å². The van der Waals surface area contributed by atoms with E-state index in [1.54, 1.807) is 0 Å². The molecule has 0 fully saturated rings. The molecule has 0 unspecified atom stereocenters. The Balaban J connectivity index is 1.91. The minimum Gasteiger partial charge on any atom is -0.355 e. The molecule has 1 nitrogen and oxygen atoms in total. The third-order valence-electron chi connectivity index (χ3n) is 3.98. The van der Waals surface area contributed by atoms with E-state index in [9.17, 15) is 0 Å². The van der Waals surface area contributed by atoms with Crippen LogP contribution in [0.3, 0.4) is 0 Å². The Morgan fingerprint density at radius 1 is 0.762 bits per heavy atom. The van der Waals surface area contributed by atoms with Crippen LogP contribution in [-0.2, 0) is 0 Å². The highest BCUT2D eigenvalue weighted by molar-refractivity contribution is 6.07. The van der Waals surface area contributed by atoms with Gasteiger partial charge in [0.2, 0.25) is 0 Å². The molecule has 0 aliphatic rings. The fourth-order valence-corrected chi connectivity index (χ4v) is 2.84. The van der Waals surface area contributed by atoms with E-state index in [0.717, 1.165) is 22.3 Å². The Labute approximate surface area is 123 Å². The molecular weight excluding hydrogens is 254 g/mol. The third-order valence-corrected chi connectivity index (χ3v) is 3.98. The second-order valence-electron chi connectivity index (χ2n) is 5.28. The van der Waals surface area contributed by atoms with Gasteiger partial charge in [-0.3, -0.25) is 0 Å². The summed E-state index contributed by atoms with van der Waals surface area (Å²) < 4.78 is 0. The van der Waals surface area contributed by atoms with Crippen molar-refractivity contribution in [3.05, 3.63) is 90.6 Å². The lowest BCUT2D eigenvalue weighted by molar-refractivity contribution is 1.39. The lowest BCUT2D eigenvalue weighted by Gasteiger charge is -2.02. The maximum absolute atomic E-state index is 4.24. The largest absolute Gasteiger partial charge is 0.355 e. The SMILES string of the molecule is C=C(c1ccccc1)c1cc2c(ccc3ccccc32)[nH]1. The number of rotatable bonds is 2. The van der Waals surface area contributed by atoms with E-state index in [2.05, 4.69) is 66.2 Å². The van der Waals surface area contributed by atoms with Gasteiger partial charge in [0.25, 0.3) is 0 Å². The summed E-state index contributed by atoms with van der Waals surface area (Å²) in [5.74, 6) is 0. The molecule has 4 rings (SSSR count). The number of benzene rings is 3. The second kappa shape index (κ2) is 4.64. The average molecular weight is 269 g/mol. The fraction of sp³-hybridized carbons (Fsp3) is 0. The first kappa shape index (κ1) is 12.0. The topological polar surface area (TPSA) is 15.8 Å². The summed E-state index contributed by atoms with van der Waals surface area (Å²) in [6.07, 6.45) is 0. The zero-order valence-corrected chi connectivity index (χ0v) is 11.6. The molecule has 0 saturated carbocycles. The highest BCUT2D eigenvalue weighted by Crippen LogP contribution is 2.29. The summed E-state index contributed by atoms with van der Waals surface area (Å²) in [5.41, 5.74) is 4.40. The van der Waals surface area contributed by atoms with Crippen molar-refractivity contribution in [2.75, 3.05) is 0 Å². The van der Waals surface area contributed by atoms with Gasteiger partial charge < -0.3 is 4.98 Å². The molecule has 1 heteroatoms. The Bertz CT molecular complexity index is 945. The van der Waals surface area contributed by atoms with E-state index in [1.165, 1.54) is 16.2 Å². The first-order valence-corrected chi connectivity index (χ1v) is 7.08. The van der Waals surface area contributed by atoms with Gasteiger partial charge in [0.05, 0.1) is 0 Å². The van der Waals surface area contributed by atoms with Crippen LogP contribution in [0, 0.1) is 0 Å². The molecule has 1 heterocycles. The molecule has 0 radical (unpaired) electrons. The lowest BCUT2D eigenvalue weighted by atomic mass is 10.0. The van der Waals surface area contributed by atoms with Crippen LogP contribution in [0.5, 0.6) is 0 Å². The zero-order valence-electron chi connectivity index (χ0n) is 11.6. The van der Waals surface area contributed by atoms with Crippen LogP contribution in [0.25, 0.3) is 27.2 Å². The summed E-state index contributed by atoms with van der Waals surface area (Å²) in [7, 11) is 0. The molecule has 0 amide bonds. The van der Waals surface area contributed by atoms with Crippen LogP contribution in [0.4, 0.5) is 0 Å². The average Bonchev–Trinajstić information content (AvgIpc) is 2.99. The molecular formula is C20H15N. The van der Waals surface area contributed by atoms with Crippen molar-refractivity contribution in [1.29, 1.82) is 0 Å². The second-order valence-corrected chi connectivity index (χ2v) is 5.28. The summed E-state index contributed by atoms with van der Waals surface area (Å²) >= 11 is 0. The normalized spacial score (nSPS) is 11.0. The highest BCUT2D eigenvalue weighted by atomic mass is 14.7. The maximum atomic E-state index is 4.24. The van der Waals surface area contributed by atoms with Gasteiger partial charge >= 0.3 is 0 Å². The van der Waals surface area contributed by atoms with Crippen LogP contribution in [0.2, 0.25) is 0 Å². The van der Waals surface area contributed by atoms with E-state index in [0.29, 0.717) is 0 Å². The van der Waals surface area contributed by atoms with Crippen LogP contribution in [0.1, 0.15) is 11.3 Å². The first-order valence-electron chi connectivity index (χ1n) is 7.08. The van der Waals surface area contributed by atoms with Crippen molar-refractivity contribution in [1.82, 2.24) is 4.98 Å². The molecule has 0 atom stereocenters. The number of hydrogen-bond donors (Lipinski definition) is 1. The predicted octanol–water partition coefficient (Wildman–Crippen LogP) is 5.38. The Morgan fingerprint density at radius 3 is 2.38 bits per heavy atom. The van der Waals surface area contributed by atoms with Gasteiger partial charge in [-0.1, -0.05) is 67.2 Å². The Hall–Kier alpha value is -2.80. The van der Waals surface area contributed by atoms with Crippen LogP contribution < -0.4 is 0 Å². The molecule has 0 bridgehead atoms. The third kappa shape index (κ3) is 1.95. The summed E-state index contributed by atoms with van der Waals surface area (Å²) in [6.45, 7) is 4.24. The first-order chi connectivity index (χ1) is 10.3. The molecule has 1 aromatic heterocycles. The number of nitrogens with one attached hydrogen (secondary N) is 1. The molecule has 0 aliphatic carbocycles. The van der Waals surface area contributed by atoms with E-state index in [4.69, 9.17) is 0 Å². The quantitative estimate of drug-likeness (QED) is 0.502. The van der Waals surface area contributed by atoms with E-state index < -0.39 is 0 Å². The number of aromatic amines is 1. The number of aromatic nitrogens is 1. The molecule has 1 N–H and O–H groups in total. The number of fused-ring (bicyclic) bond motifs is 3. The standard InChI is InChI=1S/C20H15N/c1-14(15-7-3-2-4-8-15)20-13-18-17-10-6-5-9-16(17)11-12-19(18)21-20/h2-13,21H,1H2. The smallest absolute Gasteiger partial charge is 0.0465 e. The number of hydrogen-bond acceptors (Lipinski definition) is 0. The van der Waals surface area contributed by atoms with Crippen molar-refractivity contribution < 1.29 is 0 Å². The van der Waals surface area contributed by atoms with Gasteiger partial charge in [-0.25, -0.2) is 0 Å². The van der Waals surface area contributed by atoms with Crippen molar-refractivity contribution in [2.45, 2.75) is 0 Å². The minimum absolute atomic E-state index is 1.02. The van der Waals surface area contributed by atoms with Crippen LogP contribution in [0.15, 0.2) is 79.4 Å². The van der Waals surface area contributed by atoms with Gasteiger partial charge in [0.1, 0.15) is 0 Å². The van der Waals surface area contributed by atoms with Crippen molar-refractivity contribution in [2.24, 2.45) is 0 Å². The van der Waals surface area contributed by atoms with E-state index in [1.807, 2.05) is 18.2 Å². The zero-order chi connectivity index (χ0) is 14.2. The Morgan fingerprint density at radius 2 is 1.52 bits per heavy atom. The molecule has 0 saturated heterocycles. The molecule has 0 aliphatic heterocycles. The van der Waals surface area contributed by atoms with Gasteiger partial charge in [0.15, 0.2) is 0 Å². The van der Waals surface area contributed by atoms with Crippen molar-refractivity contribution >= 4 is 27.2 Å². The molecule has 4 aromatic rings. The van der Waals surface area contributed by atoms with Crippen LogP contribution in [-0.4, -0.2) is 4.98 Å². The van der Waals surface area contributed by atoms with Gasteiger partial charge in [0, 0.05) is 16.6 Å². The molecule has 0 spiro atoms. The molecule has 100 valence electrons. The summed E-state index contributed by atoms with van der Waals surface area (Å²) in [6, 6.07) is 25.2. The van der Waals surface area contributed by atoms with Crippen LogP contribution >= 0.6 is 0 Å². The van der Waals surface area contributed by atoms with Gasteiger partial charge in [-0.15, -0.1) is 0 Å². The maximum Gasteiger partial charge on any atom is 0.0465 e. The summed E-state index contributed by atoms with van der Waals surface area (Å²) in [5, 5.41) is 3.79. The summed E-state index contributed by atoms with van der Waals surface area (Å²) in [4.78, 5) is 3.49. The van der Waals surface area contributed by atoms with Gasteiger partial charge in [-0.2, -0.15) is 0 Å². The highest BCUT2D eigenvalue weighted by Gasteiger charge is 2.08. The minimum atomic E-state index is 1.02.